The molecule has 7 nitrogen and oxygen atoms in total. The van der Waals surface area contributed by atoms with Crippen molar-refractivity contribution in [1.82, 2.24) is 15.2 Å². The van der Waals surface area contributed by atoms with E-state index in [0.717, 1.165) is 69.9 Å². The number of rotatable bonds is 6. The van der Waals surface area contributed by atoms with Gasteiger partial charge in [-0.15, -0.1) is 0 Å². The molecule has 1 aromatic heterocycles. The van der Waals surface area contributed by atoms with Gasteiger partial charge in [-0.1, -0.05) is 36.4 Å². The molecule has 0 aliphatic carbocycles. The van der Waals surface area contributed by atoms with Gasteiger partial charge in [0.05, 0.1) is 13.2 Å². The summed E-state index contributed by atoms with van der Waals surface area (Å²) in [5.74, 6) is 0.172. The maximum absolute atomic E-state index is 12.9. The molecule has 7 heteroatoms. The van der Waals surface area contributed by atoms with Crippen LogP contribution >= 0.6 is 0 Å². The number of hydrogen-bond acceptors (Lipinski definition) is 6. The van der Waals surface area contributed by atoms with Crippen molar-refractivity contribution in [2.24, 2.45) is 5.92 Å². The Labute approximate surface area is 188 Å². The van der Waals surface area contributed by atoms with Gasteiger partial charge in [-0.2, -0.15) is 4.98 Å². The molecule has 2 aliphatic heterocycles. The molecule has 0 spiro atoms. The summed E-state index contributed by atoms with van der Waals surface area (Å²) in [7, 11) is 0. The van der Waals surface area contributed by atoms with E-state index in [1.807, 2.05) is 30.3 Å². The van der Waals surface area contributed by atoms with E-state index in [1.165, 1.54) is 11.1 Å². The Morgan fingerprint density at radius 3 is 2.47 bits per heavy atom. The monoisotopic (exact) mass is 434 g/mol. The summed E-state index contributed by atoms with van der Waals surface area (Å²) in [5, 5.41) is 3.18. The van der Waals surface area contributed by atoms with Gasteiger partial charge in [0.1, 0.15) is 5.52 Å². The van der Waals surface area contributed by atoms with Crippen LogP contribution in [0.3, 0.4) is 0 Å². The van der Waals surface area contributed by atoms with Gasteiger partial charge in [-0.25, -0.2) is 0 Å². The molecule has 1 N–H and O–H groups in total. The number of amides is 1. The van der Waals surface area contributed by atoms with E-state index in [2.05, 4.69) is 38.3 Å². The van der Waals surface area contributed by atoms with Crippen LogP contribution in [0.1, 0.15) is 24.0 Å². The topological polar surface area (TPSA) is 70.8 Å². The van der Waals surface area contributed by atoms with E-state index in [4.69, 9.17) is 9.15 Å². The highest BCUT2D eigenvalue weighted by molar-refractivity contribution is 5.79. The van der Waals surface area contributed by atoms with Crippen molar-refractivity contribution in [2.75, 3.05) is 44.3 Å². The number of carbonyl (C=O) groups excluding carboxylic acids is 1. The number of oxazole rings is 1. The maximum Gasteiger partial charge on any atom is 0.298 e. The van der Waals surface area contributed by atoms with Crippen LogP contribution in [-0.2, 0) is 22.6 Å². The average Bonchev–Trinajstić information content (AvgIpc) is 3.28. The summed E-state index contributed by atoms with van der Waals surface area (Å²) in [4.78, 5) is 22.0. The quantitative estimate of drug-likeness (QED) is 0.643. The molecule has 2 fully saturated rings. The summed E-state index contributed by atoms with van der Waals surface area (Å²) in [5.41, 5.74) is 4.15. The molecule has 32 heavy (non-hydrogen) atoms. The van der Waals surface area contributed by atoms with E-state index in [-0.39, 0.29) is 11.8 Å². The molecule has 1 amide bonds. The largest absolute Gasteiger partial charge is 0.423 e. The summed E-state index contributed by atoms with van der Waals surface area (Å²) >= 11 is 0. The zero-order valence-electron chi connectivity index (χ0n) is 18.3. The fraction of sp³-hybridized carbons (Fsp3) is 0.440. The minimum absolute atomic E-state index is 0.0297. The zero-order valence-corrected chi connectivity index (χ0v) is 18.3. The van der Waals surface area contributed by atoms with Crippen LogP contribution in [-0.4, -0.2) is 55.2 Å². The number of nitrogens with one attached hydrogen (secondary N) is 1. The number of morpholine rings is 1. The summed E-state index contributed by atoms with van der Waals surface area (Å²) in [6.07, 6.45) is 1.61. The first-order valence-corrected chi connectivity index (χ1v) is 11.5. The van der Waals surface area contributed by atoms with Crippen LogP contribution in [0.15, 0.2) is 52.9 Å². The molecule has 0 atom stereocenters. The van der Waals surface area contributed by atoms with E-state index in [1.54, 1.807) is 0 Å². The minimum Gasteiger partial charge on any atom is -0.423 e. The highest BCUT2D eigenvalue weighted by atomic mass is 16.5. The first kappa shape index (κ1) is 21.0. The second kappa shape index (κ2) is 9.71. The number of piperidine rings is 1. The number of benzene rings is 2. The highest BCUT2D eigenvalue weighted by Gasteiger charge is 2.27. The van der Waals surface area contributed by atoms with Crippen LogP contribution in [0.25, 0.3) is 11.1 Å². The lowest BCUT2D eigenvalue weighted by Gasteiger charge is -2.30. The number of aromatic nitrogens is 1. The normalized spacial score (nSPS) is 18.2. The van der Waals surface area contributed by atoms with Gasteiger partial charge < -0.3 is 19.4 Å². The Balaban J connectivity index is 1.14. The zero-order chi connectivity index (χ0) is 21.8. The molecule has 0 saturated carbocycles. The summed E-state index contributed by atoms with van der Waals surface area (Å²) in [6, 6.07) is 16.9. The molecule has 0 bridgehead atoms. The smallest absolute Gasteiger partial charge is 0.298 e. The van der Waals surface area contributed by atoms with Gasteiger partial charge in [0, 0.05) is 45.2 Å². The summed E-state index contributed by atoms with van der Waals surface area (Å²) in [6.45, 7) is 6.53. The van der Waals surface area contributed by atoms with Crippen LogP contribution in [0.5, 0.6) is 0 Å². The summed E-state index contributed by atoms with van der Waals surface area (Å²) < 4.78 is 11.3. The molecule has 2 aromatic carbocycles. The van der Waals surface area contributed by atoms with E-state index >= 15 is 0 Å². The van der Waals surface area contributed by atoms with Crippen molar-refractivity contribution in [3.63, 3.8) is 0 Å². The molecule has 0 unspecified atom stereocenters. The van der Waals surface area contributed by atoms with Crippen LogP contribution < -0.4 is 10.2 Å². The lowest BCUT2D eigenvalue weighted by Crippen LogP contribution is -2.40. The van der Waals surface area contributed by atoms with E-state index < -0.39 is 0 Å². The highest BCUT2D eigenvalue weighted by Crippen LogP contribution is 2.26. The Bertz CT molecular complexity index is 1020. The number of anilines is 1. The van der Waals surface area contributed by atoms with Crippen molar-refractivity contribution < 1.29 is 13.9 Å². The van der Waals surface area contributed by atoms with Gasteiger partial charge in [-0.3, -0.25) is 9.69 Å². The predicted octanol–water partition coefficient (Wildman–Crippen LogP) is 3.19. The van der Waals surface area contributed by atoms with Gasteiger partial charge in [0.15, 0.2) is 5.58 Å². The SMILES string of the molecule is O=C(NCc1ccccc1CN1CCOCC1)C1CCN(c2nc3ccccc3o2)CC1. The number of fused-ring (bicyclic) bond motifs is 1. The van der Waals surface area contributed by atoms with Gasteiger partial charge in [0.25, 0.3) is 6.01 Å². The number of para-hydroxylation sites is 2. The second-order valence-electron chi connectivity index (χ2n) is 8.60. The van der Waals surface area contributed by atoms with E-state index in [9.17, 15) is 4.79 Å². The third-order valence-corrected chi connectivity index (χ3v) is 6.49. The van der Waals surface area contributed by atoms with Crippen LogP contribution in [0.2, 0.25) is 0 Å². The van der Waals surface area contributed by atoms with Gasteiger partial charge in [0.2, 0.25) is 5.91 Å². The second-order valence-corrected chi connectivity index (χ2v) is 8.60. The van der Waals surface area contributed by atoms with Crippen LogP contribution in [0.4, 0.5) is 6.01 Å². The van der Waals surface area contributed by atoms with Crippen LogP contribution in [0, 0.1) is 5.92 Å². The average molecular weight is 435 g/mol. The molecule has 2 saturated heterocycles. The number of carbonyl (C=O) groups is 1. The van der Waals surface area contributed by atoms with Crippen molar-refractivity contribution in [1.29, 1.82) is 0 Å². The fourth-order valence-electron chi connectivity index (χ4n) is 4.54. The minimum atomic E-state index is 0.0297. The molecular formula is C25H30N4O3. The Morgan fingerprint density at radius 1 is 0.969 bits per heavy atom. The Morgan fingerprint density at radius 2 is 1.69 bits per heavy atom. The van der Waals surface area contributed by atoms with Crippen molar-refractivity contribution in [2.45, 2.75) is 25.9 Å². The Hall–Kier alpha value is -2.90. The molecule has 3 heterocycles. The Kier molecular flexibility index (Phi) is 6.36. The lowest BCUT2D eigenvalue weighted by atomic mass is 9.96. The molecule has 0 radical (unpaired) electrons. The fourth-order valence-corrected chi connectivity index (χ4v) is 4.54. The number of ether oxygens (including phenoxy) is 1. The number of hydrogen-bond donors (Lipinski definition) is 1. The standard InChI is InChI=1S/C25H30N4O3/c30-24(26-17-20-5-1-2-6-21(20)18-28-13-15-31-16-14-28)19-9-11-29(12-10-19)25-27-22-7-3-4-8-23(22)32-25/h1-8,19H,9-18H2,(H,26,30). The van der Waals surface area contributed by atoms with Gasteiger partial charge >= 0.3 is 0 Å². The molecule has 5 rings (SSSR count). The lowest BCUT2D eigenvalue weighted by molar-refractivity contribution is -0.125. The van der Waals surface area contributed by atoms with Crippen molar-refractivity contribution >= 4 is 23.0 Å². The third kappa shape index (κ3) is 4.79. The molecule has 2 aliphatic rings. The van der Waals surface area contributed by atoms with Crippen molar-refractivity contribution in [3.8, 4) is 0 Å². The molecule has 3 aromatic rings. The van der Waals surface area contributed by atoms with Gasteiger partial charge in [-0.05, 0) is 36.1 Å². The first-order valence-electron chi connectivity index (χ1n) is 11.5. The van der Waals surface area contributed by atoms with Crippen molar-refractivity contribution in [3.05, 3.63) is 59.7 Å². The number of nitrogens with zero attached hydrogens (tertiary/aromatic N) is 3. The first-order chi connectivity index (χ1) is 15.8. The predicted molar refractivity (Wildman–Crippen MR) is 123 cm³/mol. The maximum atomic E-state index is 12.9. The molecular weight excluding hydrogens is 404 g/mol. The molecule has 168 valence electrons. The third-order valence-electron chi connectivity index (χ3n) is 6.49. The van der Waals surface area contributed by atoms with E-state index in [0.29, 0.717) is 12.6 Å².